The Morgan fingerprint density at radius 1 is 0.585 bits per heavy atom. The number of aliphatic hydroxyl groups excluding tert-OH is 3. The smallest absolute Gasteiger partial charge is 0.472 e. The quantitative estimate of drug-likeness (QED) is 0.0110. The molecule has 0 aromatic rings. The minimum atomic E-state index is -4.82. The largest absolute Gasteiger partial charge is 0.480 e. The molecule has 0 aliphatic heterocycles. The average molecular weight is 942 g/mol. The Kier molecular flexibility index (Phi) is 41.6. The number of carbonyl (C=O) groups excluding carboxylic acids is 2. The number of hydrogen-bond donors (Lipinski definition) is 6. The lowest BCUT2D eigenvalue weighted by Gasteiger charge is -2.20. The zero-order valence-corrected chi connectivity index (χ0v) is 40.8. The first-order chi connectivity index (χ1) is 31.3. The lowest BCUT2D eigenvalue weighted by atomic mass is 10.0. The molecule has 0 radical (unpaired) electrons. The van der Waals surface area contributed by atoms with Crippen LogP contribution in [0.2, 0.25) is 0 Å². The third-order valence-electron chi connectivity index (χ3n) is 10.6. The second kappa shape index (κ2) is 43.6. The molecule has 0 spiro atoms. The van der Waals surface area contributed by atoms with Crippen LogP contribution in [0, 0.1) is 0 Å². The topological polar surface area (TPSA) is 232 Å². The SMILES string of the molecule is CC/C=C\C[C@H](O)/C=C/C=C/C=C\C=C/[C@@H](O)[C@H](O)CCCC(=O)O[C@H](COC(=O)CCCCCCCCCCCCCCCCCCCCCCC)COP(=O)(O)OC[C@H](N)C(=O)O. The van der Waals surface area contributed by atoms with Crippen LogP contribution in [0.15, 0.2) is 60.8 Å². The summed E-state index contributed by atoms with van der Waals surface area (Å²) in [5.74, 6) is -2.75. The molecule has 14 nitrogen and oxygen atoms in total. The molecule has 15 heteroatoms. The molecular formula is C50H88NO13P. The Bertz CT molecular complexity index is 1380. The molecule has 0 amide bonds. The monoisotopic (exact) mass is 942 g/mol. The molecule has 0 rings (SSSR count). The molecule has 0 saturated heterocycles. The highest BCUT2D eigenvalue weighted by atomic mass is 31.2. The van der Waals surface area contributed by atoms with Crippen LogP contribution in [0.3, 0.4) is 0 Å². The first-order valence-corrected chi connectivity index (χ1v) is 26.1. The van der Waals surface area contributed by atoms with Gasteiger partial charge in [0.25, 0.3) is 0 Å². The molecule has 0 heterocycles. The van der Waals surface area contributed by atoms with Crippen LogP contribution in [0.5, 0.6) is 0 Å². The maximum absolute atomic E-state index is 12.7. The number of phosphoric ester groups is 1. The minimum absolute atomic E-state index is 0.0456. The molecule has 0 aromatic heterocycles. The molecule has 0 aliphatic carbocycles. The number of carboxylic acid groups (broad SMARTS) is 1. The van der Waals surface area contributed by atoms with Gasteiger partial charge in [-0.25, -0.2) is 4.57 Å². The number of phosphoric acid groups is 1. The second-order valence-corrected chi connectivity index (χ2v) is 18.2. The highest BCUT2D eigenvalue weighted by Crippen LogP contribution is 2.43. The van der Waals surface area contributed by atoms with E-state index in [9.17, 15) is 39.2 Å². The Morgan fingerprint density at radius 3 is 1.55 bits per heavy atom. The van der Waals surface area contributed by atoms with E-state index in [1.54, 1.807) is 42.5 Å². The normalized spacial score (nSPS) is 15.6. The van der Waals surface area contributed by atoms with Gasteiger partial charge in [-0.1, -0.05) is 203 Å². The highest BCUT2D eigenvalue weighted by molar-refractivity contribution is 7.47. The van der Waals surface area contributed by atoms with Crippen LogP contribution >= 0.6 is 7.82 Å². The molecule has 1 unspecified atom stereocenters. The van der Waals surface area contributed by atoms with Crippen molar-refractivity contribution in [1.82, 2.24) is 0 Å². The summed E-state index contributed by atoms with van der Waals surface area (Å²) in [5.41, 5.74) is 5.32. The van der Waals surface area contributed by atoms with E-state index < -0.39 is 76.0 Å². The maximum Gasteiger partial charge on any atom is 0.472 e. The number of esters is 2. The molecule has 7 N–H and O–H groups in total. The van der Waals surface area contributed by atoms with Crippen LogP contribution in [-0.2, 0) is 37.5 Å². The Balaban J connectivity index is 4.53. The van der Waals surface area contributed by atoms with Crippen LogP contribution in [0.25, 0.3) is 0 Å². The van der Waals surface area contributed by atoms with Crippen molar-refractivity contribution in [1.29, 1.82) is 0 Å². The highest BCUT2D eigenvalue weighted by Gasteiger charge is 2.28. The molecule has 0 aliphatic rings. The molecule has 0 fully saturated rings. The number of rotatable bonds is 45. The fourth-order valence-electron chi connectivity index (χ4n) is 6.64. The lowest BCUT2D eigenvalue weighted by Crippen LogP contribution is -2.34. The Hall–Kier alpha value is -2.94. The van der Waals surface area contributed by atoms with Crippen molar-refractivity contribution in [2.75, 3.05) is 19.8 Å². The number of aliphatic carboxylic acids is 1. The third kappa shape index (κ3) is 42.2. The summed E-state index contributed by atoms with van der Waals surface area (Å²) in [7, 11) is -4.82. The fourth-order valence-corrected chi connectivity index (χ4v) is 7.42. The standard InChI is InChI=1S/C50H88NO13P/c1-3-5-7-8-9-10-11-12-13-14-15-16-17-18-19-20-21-22-23-28-32-38-48(55)61-40-44(41-62-65(59,60)63-42-45(51)50(57)58)64-49(56)39-33-37-47(54)46(53)36-31-27-25-24-26-30-35-43(52)34-29-6-4-2/h6,24-27,29-31,35-36,43-47,52-54H,3-5,7-23,28,32-34,37-42,51H2,1-2H3,(H,57,58)(H,59,60)/b26-24+,27-25-,29-6-,35-30+,36-31-/t43-,44+,45-,46+,47+/m0/s1. The van der Waals surface area contributed by atoms with Gasteiger partial charge < -0.3 is 40.5 Å². The van der Waals surface area contributed by atoms with Crippen molar-refractivity contribution in [3.63, 3.8) is 0 Å². The van der Waals surface area contributed by atoms with E-state index in [2.05, 4.69) is 11.4 Å². The molecule has 0 saturated carbocycles. The number of ether oxygens (including phenoxy) is 2. The van der Waals surface area contributed by atoms with Crippen molar-refractivity contribution in [2.45, 2.75) is 218 Å². The Morgan fingerprint density at radius 2 is 1.05 bits per heavy atom. The first-order valence-electron chi connectivity index (χ1n) is 24.6. The van der Waals surface area contributed by atoms with Gasteiger partial charge in [-0.05, 0) is 32.1 Å². The Labute approximate surface area is 391 Å². The van der Waals surface area contributed by atoms with Crippen LogP contribution < -0.4 is 5.73 Å². The summed E-state index contributed by atoms with van der Waals surface area (Å²) in [4.78, 5) is 46.2. The summed E-state index contributed by atoms with van der Waals surface area (Å²) in [6, 6.07) is -1.58. The van der Waals surface area contributed by atoms with Gasteiger partial charge in [-0.2, -0.15) is 0 Å². The molecule has 376 valence electrons. The van der Waals surface area contributed by atoms with E-state index >= 15 is 0 Å². The minimum Gasteiger partial charge on any atom is -0.480 e. The summed E-state index contributed by atoms with van der Waals surface area (Å²) in [6.45, 7) is 2.29. The number of carbonyl (C=O) groups is 3. The van der Waals surface area contributed by atoms with E-state index in [4.69, 9.17) is 24.8 Å². The van der Waals surface area contributed by atoms with Gasteiger partial charge >= 0.3 is 25.7 Å². The fraction of sp³-hybridized carbons (Fsp3) is 0.740. The number of carboxylic acids is 1. The number of allylic oxidation sites excluding steroid dienone is 7. The molecular weight excluding hydrogens is 854 g/mol. The molecule has 0 bridgehead atoms. The molecule has 0 aromatic carbocycles. The van der Waals surface area contributed by atoms with E-state index in [-0.39, 0.29) is 25.7 Å². The van der Waals surface area contributed by atoms with E-state index in [0.717, 1.165) is 25.7 Å². The van der Waals surface area contributed by atoms with Gasteiger partial charge in [-0.3, -0.25) is 23.4 Å². The van der Waals surface area contributed by atoms with Crippen molar-refractivity contribution in [3.8, 4) is 0 Å². The number of nitrogens with two attached hydrogens (primary N) is 1. The maximum atomic E-state index is 12.7. The summed E-state index contributed by atoms with van der Waals surface area (Å²) in [5, 5.41) is 39.4. The zero-order chi connectivity index (χ0) is 48.2. The average Bonchev–Trinajstić information content (AvgIpc) is 3.27. The van der Waals surface area contributed by atoms with E-state index in [1.807, 2.05) is 19.1 Å². The van der Waals surface area contributed by atoms with Crippen molar-refractivity contribution >= 4 is 25.7 Å². The van der Waals surface area contributed by atoms with Crippen molar-refractivity contribution in [2.24, 2.45) is 5.73 Å². The second-order valence-electron chi connectivity index (χ2n) is 16.8. The van der Waals surface area contributed by atoms with Crippen LogP contribution in [-0.4, -0.2) is 93.5 Å². The summed E-state index contributed by atoms with van der Waals surface area (Å²) in [6.07, 6.45) is 40.9. The van der Waals surface area contributed by atoms with E-state index in [1.165, 1.54) is 115 Å². The van der Waals surface area contributed by atoms with Crippen molar-refractivity contribution < 1.29 is 62.8 Å². The van der Waals surface area contributed by atoms with Crippen LogP contribution in [0.4, 0.5) is 0 Å². The van der Waals surface area contributed by atoms with Gasteiger partial charge in [0, 0.05) is 12.8 Å². The predicted molar refractivity (Wildman–Crippen MR) is 258 cm³/mol. The van der Waals surface area contributed by atoms with Gasteiger partial charge in [0.2, 0.25) is 0 Å². The number of aliphatic hydroxyl groups is 3. The number of hydrogen-bond acceptors (Lipinski definition) is 12. The molecule has 65 heavy (non-hydrogen) atoms. The van der Waals surface area contributed by atoms with Gasteiger partial charge in [0.1, 0.15) is 12.6 Å². The van der Waals surface area contributed by atoms with Crippen molar-refractivity contribution in [3.05, 3.63) is 60.8 Å². The first kappa shape index (κ1) is 62.1. The van der Waals surface area contributed by atoms with Gasteiger partial charge in [-0.15, -0.1) is 0 Å². The molecule has 6 atom stereocenters. The van der Waals surface area contributed by atoms with E-state index in [0.29, 0.717) is 12.8 Å². The zero-order valence-electron chi connectivity index (χ0n) is 39.9. The summed E-state index contributed by atoms with van der Waals surface area (Å²) < 4.78 is 32.5. The van der Waals surface area contributed by atoms with Crippen LogP contribution in [0.1, 0.15) is 187 Å². The predicted octanol–water partition coefficient (Wildman–Crippen LogP) is 10.4. The third-order valence-corrected chi connectivity index (χ3v) is 11.6. The summed E-state index contributed by atoms with van der Waals surface area (Å²) >= 11 is 0. The van der Waals surface area contributed by atoms with Gasteiger partial charge in [0.05, 0.1) is 31.5 Å². The number of unbranched alkanes of at least 4 members (excludes halogenated alkanes) is 20. The lowest BCUT2D eigenvalue weighted by molar-refractivity contribution is -0.161. The van der Waals surface area contributed by atoms with Gasteiger partial charge in [0.15, 0.2) is 6.10 Å².